The Labute approximate surface area is 136 Å². The van der Waals surface area contributed by atoms with Gasteiger partial charge in [0, 0.05) is 19.1 Å². The molecule has 1 heterocycles. The fourth-order valence-electron chi connectivity index (χ4n) is 3.69. The van der Waals surface area contributed by atoms with Crippen molar-refractivity contribution in [3.8, 4) is 0 Å². The Morgan fingerprint density at radius 2 is 2.00 bits per heavy atom. The molecule has 1 aliphatic carbocycles. The monoisotopic (exact) mass is 310 g/mol. The molecule has 1 amide bonds. The van der Waals surface area contributed by atoms with Gasteiger partial charge in [-0.15, -0.1) is 0 Å². The smallest absolute Gasteiger partial charge is 0.410 e. The summed E-state index contributed by atoms with van der Waals surface area (Å²) < 4.78 is 5.50. The molecule has 128 valence electrons. The van der Waals surface area contributed by atoms with Gasteiger partial charge in [0.25, 0.3) is 0 Å². The molecule has 2 fully saturated rings. The fourth-order valence-corrected chi connectivity index (χ4v) is 3.69. The molecule has 2 aliphatic rings. The Kier molecular flexibility index (Phi) is 6.13. The highest BCUT2D eigenvalue weighted by Crippen LogP contribution is 2.28. The van der Waals surface area contributed by atoms with Crippen molar-refractivity contribution in [2.45, 2.75) is 77.9 Å². The number of nitrogens with one attached hydrogen (secondary N) is 1. The normalized spacial score (nSPS) is 29.6. The number of hydrogen-bond acceptors (Lipinski definition) is 3. The molecule has 0 spiro atoms. The molecule has 0 aromatic heterocycles. The molecule has 1 saturated heterocycles. The lowest BCUT2D eigenvalue weighted by atomic mass is 9.97. The highest BCUT2D eigenvalue weighted by Gasteiger charge is 2.29. The van der Waals surface area contributed by atoms with Crippen LogP contribution < -0.4 is 5.32 Å². The molecular weight excluding hydrogens is 276 g/mol. The Bertz CT molecular complexity index is 365. The van der Waals surface area contributed by atoms with Gasteiger partial charge < -0.3 is 15.0 Å². The van der Waals surface area contributed by atoms with Crippen molar-refractivity contribution in [2.24, 2.45) is 11.8 Å². The molecule has 1 aliphatic heterocycles. The first kappa shape index (κ1) is 17.6. The molecule has 1 N–H and O–H groups in total. The van der Waals surface area contributed by atoms with E-state index in [2.05, 4.69) is 12.2 Å². The van der Waals surface area contributed by atoms with E-state index in [9.17, 15) is 4.79 Å². The zero-order chi connectivity index (χ0) is 16.2. The van der Waals surface area contributed by atoms with Gasteiger partial charge in [0.2, 0.25) is 0 Å². The average Bonchev–Trinajstić information content (AvgIpc) is 2.92. The highest BCUT2D eigenvalue weighted by molar-refractivity contribution is 5.68. The predicted octanol–water partition coefficient (Wildman–Crippen LogP) is 3.80. The van der Waals surface area contributed by atoms with Crippen molar-refractivity contribution in [2.75, 3.05) is 19.6 Å². The number of carbonyl (C=O) groups excluding carboxylic acids is 1. The van der Waals surface area contributed by atoms with Crippen molar-refractivity contribution in [3.63, 3.8) is 0 Å². The number of rotatable bonds is 4. The summed E-state index contributed by atoms with van der Waals surface area (Å²) in [6.07, 6.45) is 7.50. The maximum Gasteiger partial charge on any atom is 0.410 e. The summed E-state index contributed by atoms with van der Waals surface area (Å²) in [5, 5.41) is 3.74. The van der Waals surface area contributed by atoms with E-state index in [1.807, 2.05) is 25.7 Å². The average molecular weight is 310 g/mol. The third-order valence-corrected chi connectivity index (χ3v) is 4.98. The molecule has 0 aromatic carbocycles. The summed E-state index contributed by atoms with van der Waals surface area (Å²) >= 11 is 0. The molecule has 4 heteroatoms. The number of ether oxygens (including phenoxy) is 1. The van der Waals surface area contributed by atoms with Crippen LogP contribution in [0, 0.1) is 11.8 Å². The van der Waals surface area contributed by atoms with Crippen LogP contribution in [0.3, 0.4) is 0 Å². The highest BCUT2D eigenvalue weighted by atomic mass is 16.6. The van der Waals surface area contributed by atoms with Crippen LogP contribution in [0.1, 0.15) is 66.2 Å². The van der Waals surface area contributed by atoms with Gasteiger partial charge in [0.05, 0.1) is 0 Å². The van der Waals surface area contributed by atoms with Crippen molar-refractivity contribution in [1.82, 2.24) is 10.2 Å². The lowest BCUT2D eigenvalue weighted by molar-refractivity contribution is 0.0165. The predicted molar refractivity (Wildman–Crippen MR) is 90.0 cm³/mol. The number of piperidine rings is 1. The summed E-state index contributed by atoms with van der Waals surface area (Å²) in [5.41, 5.74) is -0.401. The number of carbonyl (C=O) groups is 1. The Balaban J connectivity index is 1.73. The minimum atomic E-state index is -0.401. The second-order valence-corrected chi connectivity index (χ2v) is 8.13. The minimum Gasteiger partial charge on any atom is -0.444 e. The second-order valence-electron chi connectivity index (χ2n) is 8.13. The van der Waals surface area contributed by atoms with Crippen LogP contribution in [0.4, 0.5) is 4.79 Å². The molecule has 2 rings (SSSR count). The number of likely N-dealkylation sites (tertiary alicyclic amines) is 1. The minimum absolute atomic E-state index is 0.149. The molecule has 3 unspecified atom stereocenters. The number of hydrogen-bond donors (Lipinski definition) is 1. The van der Waals surface area contributed by atoms with Crippen LogP contribution in [-0.4, -0.2) is 42.3 Å². The van der Waals surface area contributed by atoms with Gasteiger partial charge in [-0.3, -0.25) is 0 Å². The van der Waals surface area contributed by atoms with Crippen LogP contribution in [-0.2, 0) is 4.74 Å². The SMILES string of the molecule is CCC1CCC(NCC2CCCN(C(=O)OC(C)(C)C)C2)C1. The van der Waals surface area contributed by atoms with E-state index >= 15 is 0 Å². The van der Waals surface area contributed by atoms with Crippen molar-refractivity contribution in [3.05, 3.63) is 0 Å². The zero-order valence-electron chi connectivity index (χ0n) is 14.9. The van der Waals surface area contributed by atoms with E-state index in [0.717, 1.165) is 32.0 Å². The van der Waals surface area contributed by atoms with Gasteiger partial charge in [-0.1, -0.05) is 13.3 Å². The van der Waals surface area contributed by atoms with Crippen LogP contribution >= 0.6 is 0 Å². The maximum absolute atomic E-state index is 12.2. The molecule has 1 saturated carbocycles. The molecule has 0 aromatic rings. The zero-order valence-corrected chi connectivity index (χ0v) is 14.9. The molecular formula is C18H34N2O2. The van der Waals surface area contributed by atoms with Crippen LogP contribution in [0.2, 0.25) is 0 Å². The quantitative estimate of drug-likeness (QED) is 0.858. The van der Waals surface area contributed by atoms with Crippen LogP contribution in [0.15, 0.2) is 0 Å². The fraction of sp³-hybridized carbons (Fsp3) is 0.944. The van der Waals surface area contributed by atoms with Gasteiger partial charge in [-0.25, -0.2) is 4.79 Å². The summed E-state index contributed by atoms with van der Waals surface area (Å²) in [6, 6.07) is 0.696. The lowest BCUT2D eigenvalue weighted by Crippen LogP contribution is -2.45. The lowest BCUT2D eigenvalue weighted by Gasteiger charge is -2.34. The van der Waals surface area contributed by atoms with Gasteiger partial charge in [-0.2, -0.15) is 0 Å². The Hall–Kier alpha value is -0.770. The first-order valence-electron chi connectivity index (χ1n) is 9.08. The van der Waals surface area contributed by atoms with E-state index in [1.165, 1.54) is 32.1 Å². The Morgan fingerprint density at radius 1 is 1.23 bits per heavy atom. The molecule has 0 bridgehead atoms. The first-order valence-corrected chi connectivity index (χ1v) is 9.08. The van der Waals surface area contributed by atoms with Crippen LogP contribution in [0.25, 0.3) is 0 Å². The number of amides is 1. The first-order chi connectivity index (χ1) is 10.4. The maximum atomic E-state index is 12.2. The van der Waals surface area contributed by atoms with Crippen LogP contribution in [0.5, 0.6) is 0 Å². The number of nitrogens with zero attached hydrogens (tertiary/aromatic N) is 1. The topological polar surface area (TPSA) is 41.6 Å². The molecule has 4 nitrogen and oxygen atoms in total. The van der Waals surface area contributed by atoms with Crippen molar-refractivity contribution < 1.29 is 9.53 Å². The van der Waals surface area contributed by atoms with Crippen molar-refractivity contribution >= 4 is 6.09 Å². The summed E-state index contributed by atoms with van der Waals surface area (Å²) in [4.78, 5) is 14.1. The molecule has 22 heavy (non-hydrogen) atoms. The second kappa shape index (κ2) is 7.67. The van der Waals surface area contributed by atoms with Gasteiger partial charge >= 0.3 is 6.09 Å². The van der Waals surface area contributed by atoms with Gasteiger partial charge in [0.15, 0.2) is 0 Å². The molecule has 3 atom stereocenters. The Morgan fingerprint density at radius 3 is 2.64 bits per heavy atom. The standard InChI is InChI=1S/C18H34N2O2/c1-5-14-8-9-16(11-14)19-12-15-7-6-10-20(13-15)17(21)22-18(2,3)4/h14-16,19H,5-13H2,1-4H3. The van der Waals surface area contributed by atoms with E-state index in [0.29, 0.717) is 12.0 Å². The van der Waals surface area contributed by atoms with Crippen molar-refractivity contribution in [1.29, 1.82) is 0 Å². The van der Waals surface area contributed by atoms with E-state index in [1.54, 1.807) is 0 Å². The van der Waals surface area contributed by atoms with Gasteiger partial charge in [0.1, 0.15) is 5.60 Å². The largest absolute Gasteiger partial charge is 0.444 e. The van der Waals surface area contributed by atoms with E-state index in [-0.39, 0.29) is 6.09 Å². The summed E-state index contributed by atoms with van der Waals surface area (Å²) in [5.74, 6) is 1.49. The third-order valence-electron chi connectivity index (χ3n) is 4.98. The molecule has 0 radical (unpaired) electrons. The third kappa shape index (κ3) is 5.45. The summed E-state index contributed by atoms with van der Waals surface area (Å²) in [6.45, 7) is 10.8. The van der Waals surface area contributed by atoms with E-state index in [4.69, 9.17) is 4.74 Å². The summed E-state index contributed by atoms with van der Waals surface area (Å²) in [7, 11) is 0. The van der Waals surface area contributed by atoms with Gasteiger partial charge in [-0.05, 0) is 71.3 Å². The van der Waals surface area contributed by atoms with E-state index < -0.39 is 5.60 Å².